The van der Waals surface area contributed by atoms with Crippen LogP contribution in [0.4, 0.5) is 17.1 Å². The Balaban J connectivity index is 0.000000302. The molecule has 0 aliphatic rings. The largest absolute Gasteiger partial charge is 0.504 e. The molecule has 3 radical (unpaired) electrons. The van der Waals surface area contributed by atoms with E-state index < -0.39 is 4.92 Å². The van der Waals surface area contributed by atoms with Crippen molar-refractivity contribution in [2.24, 2.45) is 0 Å². The van der Waals surface area contributed by atoms with E-state index in [1.807, 2.05) is 48.5 Å². The molecule has 0 spiro atoms. The number of hydrogen-bond acceptors (Lipinski definition) is 13. The molecule has 64 heavy (non-hydrogen) atoms. The summed E-state index contributed by atoms with van der Waals surface area (Å²) in [5.74, 6) is 3.90. The van der Waals surface area contributed by atoms with E-state index in [1.165, 1.54) is 28.8 Å². The number of anilines is 2. The number of phenolic OH excluding ortho intramolecular Hbond substituents is 1. The molecule has 0 unspecified atom stereocenters. The van der Waals surface area contributed by atoms with Gasteiger partial charge in [0.2, 0.25) is 16.9 Å². The van der Waals surface area contributed by atoms with Crippen LogP contribution in [0.15, 0.2) is 91.0 Å². The predicted octanol–water partition coefficient (Wildman–Crippen LogP) is 12.4. The predicted molar refractivity (Wildman–Crippen MR) is 257 cm³/mol. The van der Waals surface area contributed by atoms with Gasteiger partial charge in [0.05, 0.1) is 37.6 Å². The fourth-order valence-corrected chi connectivity index (χ4v) is 6.10. The van der Waals surface area contributed by atoms with Crippen molar-refractivity contribution in [3.05, 3.63) is 138 Å². The maximum absolute atomic E-state index is 10.2. The van der Waals surface area contributed by atoms with Crippen LogP contribution in [-0.4, -0.2) is 54.7 Å². The molecule has 0 atom stereocenters. The lowest BCUT2D eigenvalue weighted by Gasteiger charge is -2.12. The van der Waals surface area contributed by atoms with Gasteiger partial charge < -0.3 is 40.3 Å². The molecule has 0 aliphatic carbocycles. The summed E-state index contributed by atoms with van der Waals surface area (Å²) in [6.07, 6.45) is 6.28. The zero-order valence-corrected chi connectivity index (χ0v) is 39.3. The average molecular weight is 956 g/mol. The number of pyridine rings is 3. The van der Waals surface area contributed by atoms with Crippen molar-refractivity contribution in [1.29, 1.82) is 0 Å². The highest BCUT2D eigenvalue weighted by Gasteiger charge is 2.14. The number of benzene rings is 3. The lowest BCUT2D eigenvalue weighted by Crippen LogP contribution is -1.97. The first kappa shape index (κ1) is 54.3. The van der Waals surface area contributed by atoms with Crippen LogP contribution in [0.5, 0.6) is 46.3 Å². The smallest absolute Gasteiger partial charge is 0.306 e. The Hall–Kier alpha value is -5.87. The maximum Gasteiger partial charge on any atom is 0.306 e. The Labute approximate surface area is 395 Å². The molecule has 0 aliphatic heterocycles. The van der Waals surface area contributed by atoms with Gasteiger partial charge >= 0.3 is 5.69 Å². The van der Waals surface area contributed by atoms with Gasteiger partial charge in [-0.15, -0.1) is 0 Å². The first-order valence-corrected chi connectivity index (χ1v) is 21.0. The number of nitro groups is 1. The summed E-state index contributed by atoms with van der Waals surface area (Å²) >= 11 is 22.5. The number of rotatable bonds is 14. The van der Waals surface area contributed by atoms with Crippen molar-refractivity contribution < 1.29 is 33.7 Å². The summed E-state index contributed by atoms with van der Waals surface area (Å²) in [7, 11) is 4.78. The second-order valence-electron chi connectivity index (χ2n) is 13.2. The lowest BCUT2D eigenvalue weighted by atomic mass is 10.1. The minimum absolute atomic E-state index is 0. The zero-order chi connectivity index (χ0) is 46.5. The standard InChI is InChI=1S/2C15H17ClN2O2.C10H14O2.C5H2Cl2N2O2.B/c1-3-4-10-5-7-12(13(9-10)19-2)20-14-8-6-11(17)15(16)18-14;1-3-4-10-5-7-12(13(9-10)19-2)20-15-11(17)6-8-14(16)18-15;1-3-4-8-5-6-9(11)10(7-8)12-2;6-4-2-1-3(9(10)11)5(7)8-4;/h2*5-9H,3-4,17H2,1-2H3;5-7,11H,3-4H2,1-2H3;1-2H;. The first-order valence-electron chi connectivity index (χ1n) is 19.5. The summed E-state index contributed by atoms with van der Waals surface area (Å²) in [5.41, 5.74) is 15.6. The van der Waals surface area contributed by atoms with Gasteiger partial charge in [-0.25, -0.2) is 4.98 Å². The van der Waals surface area contributed by atoms with Crippen LogP contribution < -0.4 is 35.2 Å². The third-order valence-electron chi connectivity index (χ3n) is 8.44. The van der Waals surface area contributed by atoms with E-state index in [4.69, 9.17) is 81.6 Å². The molecule has 0 saturated heterocycles. The molecule has 3 aromatic carbocycles. The van der Waals surface area contributed by atoms with Crippen molar-refractivity contribution in [1.82, 2.24) is 15.0 Å². The van der Waals surface area contributed by atoms with E-state index in [-0.39, 0.29) is 41.2 Å². The fraction of sp³-hybridized carbons (Fsp3) is 0.267. The number of aromatic nitrogens is 3. The molecule has 3 heterocycles. The molecule has 0 bridgehead atoms. The molecule has 0 saturated carbocycles. The van der Waals surface area contributed by atoms with E-state index >= 15 is 0 Å². The Morgan fingerprint density at radius 2 is 1.05 bits per heavy atom. The molecule has 6 aromatic rings. The molecule has 0 fully saturated rings. The van der Waals surface area contributed by atoms with E-state index in [2.05, 4.69) is 35.7 Å². The molecule has 0 amide bonds. The monoisotopic (exact) mass is 953 g/mol. The molecular weight excluding hydrogens is 905 g/mol. The van der Waals surface area contributed by atoms with Gasteiger partial charge in [0.25, 0.3) is 0 Å². The summed E-state index contributed by atoms with van der Waals surface area (Å²) in [5, 5.41) is 20.0. The number of nitrogens with two attached hydrogens (primary N) is 2. The van der Waals surface area contributed by atoms with Crippen LogP contribution in [0, 0.1) is 10.1 Å². The molecule has 3 aromatic heterocycles. The number of aryl methyl sites for hydroxylation is 3. The highest BCUT2D eigenvalue weighted by atomic mass is 35.5. The fourth-order valence-electron chi connectivity index (χ4n) is 5.40. The zero-order valence-electron chi connectivity index (χ0n) is 36.2. The summed E-state index contributed by atoms with van der Waals surface area (Å²) < 4.78 is 27.1. The minimum atomic E-state index is -0.619. The quantitative estimate of drug-likeness (QED) is 0.0403. The summed E-state index contributed by atoms with van der Waals surface area (Å²) in [6.45, 7) is 6.39. The second-order valence-corrected chi connectivity index (χ2v) is 14.7. The summed E-state index contributed by atoms with van der Waals surface area (Å²) in [6, 6.07) is 26.2. The normalized spacial score (nSPS) is 9.97. The van der Waals surface area contributed by atoms with E-state index in [9.17, 15) is 15.2 Å². The number of hydrogen-bond donors (Lipinski definition) is 3. The van der Waals surface area contributed by atoms with Gasteiger partial charge in [-0.1, -0.05) is 105 Å². The van der Waals surface area contributed by atoms with E-state index in [0.717, 1.165) is 38.5 Å². The number of aromatic hydroxyl groups is 1. The molecular formula is C45H50BCl4N6O8. The van der Waals surface area contributed by atoms with Gasteiger partial charge in [-0.05, 0) is 96.6 Å². The van der Waals surface area contributed by atoms with Crippen molar-refractivity contribution in [3.63, 3.8) is 0 Å². The molecule has 5 N–H and O–H groups in total. The lowest BCUT2D eigenvalue weighted by molar-refractivity contribution is -0.385. The van der Waals surface area contributed by atoms with Crippen molar-refractivity contribution in [2.75, 3.05) is 32.8 Å². The molecule has 6 rings (SSSR count). The topological polar surface area (TPSA) is 200 Å². The Morgan fingerprint density at radius 1 is 0.578 bits per heavy atom. The number of nitrogens with zero attached hydrogens (tertiary/aromatic N) is 4. The van der Waals surface area contributed by atoms with Crippen molar-refractivity contribution in [3.8, 4) is 46.3 Å². The number of phenols is 1. The third-order valence-corrected chi connectivity index (χ3v) is 9.44. The average Bonchev–Trinajstić information content (AvgIpc) is 3.26. The summed E-state index contributed by atoms with van der Waals surface area (Å²) in [4.78, 5) is 21.2. The van der Waals surface area contributed by atoms with Gasteiger partial charge in [0.15, 0.2) is 39.7 Å². The Kier molecular flexibility index (Phi) is 23.8. The highest BCUT2D eigenvalue weighted by Crippen LogP contribution is 2.35. The van der Waals surface area contributed by atoms with Crippen LogP contribution in [0.25, 0.3) is 0 Å². The highest BCUT2D eigenvalue weighted by molar-refractivity contribution is 6.33. The SMILES string of the molecule is CCCc1ccc(O)c(OC)c1.CCCc1ccc(Oc2ccc(N)c(Cl)n2)c(OC)c1.CCCc1ccc(Oc2nc(Cl)ccc2N)c(OC)c1.O=[N+]([O-])c1ccc(Cl)nc1Cl.[B]. The van der Waals surface area contributed by atoms with Gasteiger partial charge in [0.1, 0.15) is 10.3 Å². The first-order chi connectivity index (χ1) is 30.2. The van der Waals surface area contributed by atoms with Crippen LogP contribution in [0.2, 0.25) is 20.6 Å². The second kappa shape index (κ2) is 28.0. The van der Waals surface area contributed by atoms with Gasteiger partial charge in [-0.2, -0.15) is 9.97 Å². The minimum Gasteiger partial charge on any atom is -0.504 e. The number of ether oxygens (including phenoxy) is 5. The van der Waals surface area contributed by atoms with Crippen LogP contribution >= 0.6 is 46.4 Å². The molecule has 14 nitrogen and oxygen atoms in total. The van der Waals surface area contributed by atoms with Crippen molar-refractivity contribution >= 4 is 71.9 Å². The van der Waals surface area contributed by atoms with Crippen LogP contribution in [0.1, 0.15) is 56.7 Å². The van der Waals surface area contributed by atoms with Crippen LogP contribution in [0.3, 0.4) is 0 Å². The molecule has 339 valence electrons. The number of halogens is 4. The maximum atomic E-state index is 10.2. The van der Waals surface area contributed by atoms with Gasteiger partial charge in [-0.3, -0.25) is 10.1 Å². The Bertz CT molecular complexity index is 2420. The van der Waals surface area contributed by atoms with E-state index in [1.54, 1.807) is 51.7 Å². The Morgan fingerprint density at radius 3 is 1.53 bits per heavy atom. The third kappa shape index (κ3) is 17.4. The molecule has 19 heteroatoms. The number of nitrogen functional groups attached to an aromatic ring is 2. The number of methoxy groups -OCH3 is 3. The van der Waals surface area contributed by atoms with Crippen LogP contribution in [-0.2, 0) is 19.3 Å². The van der Waals surface area contributed by atoms with E-state index in [0.29, 0.717) is 51.2 Å². The van der Waals surface area contributed by atoms with Gasteiger partial charge in [0, 0.05) is 20.5 Å². The van der Waals surface area contributed by atoms with Crippen molar-refractivity contribution in [2.45, 2.75) is 59.3 Å².